The molecule has 1 heterocycles. The highest BCUT2D eigenvalue weighted by molar-refractivity contribution is 6.31. The van der Waals surface area contributed by atoms with Crippen LogP contribution in [0.3, 0.4) is 0 Å². The van der Waals surface area contributed by atoms with Crippen molar-refractivity contribution < 1.29 is 9.13 Å². The van der Waals surface area contributed by atoms with E-state index in [4.69, 9.17) is 27.9 Å². The van der Waals surface area contributed by atoms with Gasteiger partial charge in [0.15, 0.2) is 0 Å². The van der Waals surface area contributed by atoms with Crippen LogP contribution in [0.4, 0.5) is 4.39 Å². The van der Waals surface area contributed by atoms with Crippen molar-refractivity contribution in [2.45, 2.75) is 37.3 Å². The quantitative estimate of drug-likeness (QED) is 0.789. The lowest BCUT2D eigenvalue weighted by atomic mass is 10.2. The van der Waals surface area contributed by atoms with Crippen LogP contribution in [0, 0.1) is 5.82 Å². The van der Waals surface area contributed by atoms with Crippen molar-refractivity contribution in [1.29, 1.82) is 0 Å². The summed E-state index contributed by atoms with van der Waals surface area (Å²) in [4.78, 5) is 4.47. The molecule has 3 nitrogen and oxygen atoms in total. The molecule has 0 saturated heterocycles. The van der Waals surface area contributed by atoms with E-state index in [0.29, 0.717) is 5.52 Å². The van der Waals surface area contributed by atoms with Crippen LogP contribution in [0.1, 0.15) is 31.1 Å². The van der Waals surface area contributed by atoms with Gasteiger partial charge in [-0.3, -0.25) is 0 Å². The molecule has 1 aromatic heterocycles. The molecule has 0 aliphatic heterocycles. The Balaban J connectivity index is 2.19. The summed E-state index contributed by atoms with van der Waals surface area (Å²) in [6.07, 6.45) is 3.19. The lowest BCUT2D eigenvalue weighted by Crippen LogP contribution is -2.22. The predicted molar refractivity (Wildman–Crippen MR) is 77.9 cm³/mol. The number of rotatable bonds is 3. The second-order valence-electron chi connectivity index (χ2n) is 5.06. The predicted octanol–water partition coefficient (Wildman–Crippen LogP) is 4.31. The average molecular weight is 317 g/mol. The number of halogens is 3. The molecular weight excluding hydrogens is 302 g/mol. The Morgan fingerprint density at radius 1 is 1.45 bits per heavy atom. The van der Waals surface area contributed by atoms with Crippen LogP contribution in [0.2, 0.25) is 5.02 Å². The molecule has 1 aromatic carbocycles. The summed E-state index contributed by atoms with van der Waals surface area (Å²) in [5.41, 5.74) is 1.41. The Hall–Kier alpha value is -0.840. The van der Waals surface area contributed by atoms with Gasteiger partial charge in [0.25, 0.3) is 0 Å². The number of methoxy groups -OCH3 is 1. The first-order valence-corrected chi connectivity index (χ1v) is 7.51. The first kappa shape index (κ1) is 14.1. The third-order valence-electron chi connectivity index (χ3n) is 3.98. The maximum Gasteiger partial charge on any atom is 0.144 e. The molecule has 0 radical (unpaired) electrons. The average Bonchev–Trinajstić information content (AvgIpc) is 3.02. The summed E-state index contributed by atoms with van der Waals surface area (Å²) in [6, 6.07) is 3.14. The van der Waals surface area contributed by atoms with Gasteiger partial charge in [0.2, 0.25) is 0 Å². The van der Waals surface area contributed by atoms with E-state index < -0.39 is 5.82 Å². The number of fused-ring (bicyclic) bond motifs is 1. The van der Waals surface area contributed by atoms with E-state index in [1.54, 1.807) is 13.2 Å². The fraction of sp³-hybridized carbons (Fsp3) is 0.500. The molecule has 2 unspecified atom stereocenters. The fourth-order valence-corrected chi connectivity index (χ4v) is 3.43. The first-order chi connectivity index (χ1) is 9.65. The van der Waals surface area contributed by atoms with Crippen LogP contribution < -0.4 is 0 Å². The number of nitrogens with zero attached hydrogens (tertiary/aromatic N) is 2. The highest BCUT2D eigenvalue weighted by Gasteiger charge is 2.31. The minimum atomic E-state index is -0.437. The van der Waals surface area contributed by atoms with Crippen molar-refractivity contribution in [3.63, 3.8) is 0 Å². The Kier molecular flexibility index (Phi) is 3.89. The van der Waals surface area contributed by atoms with E-state index in [9.17, 15) is 4.39 Å². The van der Waals surface area contributed by atoms with Gasteiger partial charge in [-0.25, -0.2) is 9.37 Å². The van der Waals surface area contributed by atoms with Gasteiger partial charge in [0.05, 0.1) is 34.1 Å². The molecule has 2 aromatic rings. The molecule has 0 spiro atoms. The zero-order chi connectivity index (χ0) is 14.3. The normalized spacial score (nSPS) is 22.8. The molecule has 1 aliphatic carbocycles. The molecule has 3 rings (SSSR count). The molecule has 1 saturated carbocycles. The SMILES string of the molecule is COC1CCCC1n1c(CCl)nc2cc(Cl)c(F)cc21. The van der Waals surface area contributed by atoms with Crippen LogP contribution in [0.5, 0.6) is 0 Å². The standard InChI is InChI=1S/C14H15Cl2FN2O/c1-20-13-4-2-3-11(13)19-12-6-9(17)8(16)5-10(12)18-14(19)7-15/h5-6,11,13H,2-4,7H2,1H3. The van der Waals surface area contributed by atoms with Crippen molar-refractivity contribution in [3.05, 3.63) is 28.8 Å². The zero-order valence-corrected chi connectivity index (χ0v) is 12.6. The van der Waals surface area contributed by atoms with E-state index in [-0.39, 0.29) is 23.0 Å². The maximum atomic E-state index is 13.8. The molecule has 1 fully saturated rings. The van der Waals surface area contributed by atoms with E-state index in [2.05, 4.69) is 4.98 Å². The van der Waals surface area contributed by atoms with Crippen LogP contribution in [0.25, 0.3) is 11.0 Å². The summed E-state index contributed by atoms with van der Waals surface area (Å²) < 4.78 is 21.3. The first-order valence-electron chi connectivity index (χ1n) is 6.60. The van der Waals surface area contributed by atoms with E-state index in [1.807, 2.05) is 4.57 Å². The Morgan fingerprint density at radius 2 is 2.25 bits per heavy atom. The topological polar surface area (TPSA) is 27.1 Å². The van der Waals surface area contributed by atoms with Crippen LogP contribution in [-0.2, 0) is 10.6 Å². The number of alkyl halides is 1. The van der Waals surface area contributed by atoms with E-state index in [1.165, 1.54) is 6.07 Å². The monoisotopic (exact) mass is 316 g/mol. The Bertz CT molecular complexity index is 644. The summed E-state index contributed by atoms with van der Waals surface area (Å²) in [5, 5.41) is 0.0815. The molecule has 0 N–H and O–H groups in total. The van der Waals surface area contributed by atoms with E-state index in [0.717, 1.165) is 30.6 Å². The third-order valence-corrected chi connectivity index (χ3v) is 4.50. The van der Waals surface area contributed by atoms with Gasteiger partial charge in [-0.2, -0.15) is 0 Å². The Morgan fingerprint density at radius 3 is 2.95 bits per heavy atom. The molecule has 108 valence electrons. The molecule has 2 atom stereocenters. The molecular formula is C14H15Cl2FN2O. The van der Waals surface area contributed by atoms with E-state index >= 15 is 0 Å². The Labute approximate surface area is 126 Å². The minimum Gasteiger partial charge on any atom is -0.379 e. The largest absolute Gasteiger partial charge is 0.379 e. The number of ether oxygens (including phenoxy) is 1. The van der Waals surface area contributed by atoms with Crippen LogP contribution in [-0.4, -0.2) is 22.8 Å². The van der Waals surface area contributed by atoms with Gasteiger partial charge in [0, 0.05) is 13.2 Å². The second-order valence-corrected chi connectivity index (χ2v) is 5.73. The highest BCUT2D eigenvalue weighted by Crippen LogP contribution is 2.37. The fourth-order valence-electron chi connectivity index (χ4n) is 3.08. The van der Waals surface area contributed by atoms with Gasteiger partial charge in [-0.15, -0.1) is 11.6 Å². The van der Waals surface area contributed by atoms with Crippen molar-refractivity contribution >= 4 is 34.2 Å². The number of aromatic nitrogens is 2. The summed E-state index contributed by atoms with van der Waals surface area (Å²) in [6.45, 7) is 0. The third kappa shape index (κ3) is 2.20. The number of benzene rings is 1. The van der Waals surface area contributed by atoms with Gasteiger partial charge >= 0.3 is 0 Å². The lowest BCUT2D eigenvalue weighted by molar-refractivity contribution is 0.0754. The van der Waals surface area contributed by atoms with Crippen molar-refractivity contribution in [2.24, 2.45) is 0 Å². The van der Waals surface area contributed by atoms with Crippen LogP contribution >= 0.6 is 23.2 Å². The van der Waals surface area contributed by atoms with Crippen molar-refractivity contribution in [3.8, 4) is 0 Å². The zero-order valence-electron chi connectivity index (χ0n) is 11.1. The molecule has 0 amide bonds. The molecule has 1 aliphatic rings. The smallest absolute Gasteiger partial charge is 0.144 e. The highest BCUT2D eigenvalue weighted by atomic mass is 35.5. The number of hydrogen-bond acceptors (Lipinski definition) is 2. The number of imidazole rings is 1. The summed E-state index contributed by atoms with van der Waals surface area (Å²) in [7, 11) is 1.71. The minimum absolute atomic E-state index is 0.0815. The van der Waals surface area contributed by atoms with Gasteiger partial charge in [-0.05, 0) is 25.3 Å². The van der Waals surface area contributed by atoms with Crippen molar-refractivity contribution in [2.75, 3.05) is 7.11 Å². The van der Waals surface area contributed by atoms with Gasteiger partial charge < -0.3 is 9.30 Å². The van der Waals surface area contributed by atoms with Gasteiger partial charge in [0.1, 0.15) is 11.6 Å². The lowest BCUT2D eigenvalue weighted by Gasteiger charge is -2.22. The molecule has 6 heteroatoms. The molecule has 0 bridgehead atoms. The van der Waals surface area contributed by atoms with Crippen molar-refractivity contribution in [1.82, 2.24) is 9.55 Å². The second kappa shape index (κ2) is 5.51. The van der Waals surface area contributed by atoms with Crippen LogP contribution in [0.15, 0.2) is 12.1 Å². The summed E-state index contributed by atoms with van der Waals surface area (Å²) in [5.74, 6) is 0.576. The summed E-state index contributed by atoms with van der Waals surface area (Å²) >= 11 is 11.8. The number of hydrogen-bond donors (Lipinski definition) is 0. The van der Waals surface area contributed by atoms with Gasteiger partial charge in [-0.1, -0.05) is 11.6 Å². The molecule has 20 heavy (non-hydrogen) atoms. The maximum absolute atomic E-state index is 13.8.